The summed E-state index contributed by atoms with van der Waals surface area (Å²) in [6.07, 6.45) is 4.35. The highest BCUT2D eigenvalue weighted by molar-refractivity contribution is 5.79. The lowest BCUT2D eigenvalue weighted by Gasteiger charge is -2.22. The molecule has 0 saturated carbocycles. The van der Waals surface area contributed by atoms with Crippen molar-refractivity contribution in [2.75, 3.05) is 20.1 Å². The lowest BCUT2D eigenvalue weighted by atomic mass is 10.3. The minimum absolute atomic E-state index is 0.433. The Morgan fingerprint density at radius 1 is 1.30 bits per heavy atom. The molecule has 8 heteroatoms. The molecule has 0 spiro atoms. The molecule has 3 heterocycles. The monoisotopic (exact) mass is 367 g/mol. The molecule has 0 radical (unpaired) electrons. The molecule has 3 aromatic heterocycles. The maximum atomic E-state index is 5.29. The van der Waals surface area contributed by atoms with E-state index in [4.69, 9.17) is 4.52 Å². The second kappa shape index (κ2) is 8.98. The van der Waals surface area contributed by atoms with Crippen LogP contribution in [-0.4, -0.2) is 50.7 Å². The summed E-state index contributed by atoms with van der Waals surface area (Å²) in [6.45, 7) is 4.22. The molecule has 0 aromatic carbocycles. The van der Waals surface area contributed by atoms with Gasteiger partial charge >= 0.3 is 0 Å². The zero-order chi connectivity index (χ0) is 19.1. The molecule has 27 heavy (non-hydrogen) atoms. The van der Waals surface area contributed by atoms with E-state index in [9.17, 15) is 0 Å². The van der Waals surface area contributed by atoms with E-state index in [2.05, 4.69) is 47.9 Å². The van der Waals surface area contributed by atoms with Crippen molar-refractivity contribution in [1.29, 1.82) is 0 Å². The van der Waals surface area contributed by atoms with Crippen LogP contribution < -0.4 is 5.32 Å². The molecule has 142 valence electrons. The Hall–Kier alpha value is -3.16. The quantitative estimate of drug-likeness (QED) is 0.509. The second-order valence-electron chi connectivity index (χ2n) is 6.18. The van der Waals surface area contributed by atoms with Crippen LogP contribution in [0.1, 0.15) is 18.4 Å². The molecule has 3 rings (SSSR count). The molecule has 0 aliphatic carbocycles. The third-order valence-corrected chi connectivity index (χ3v) is 4.10. The van der Waals surface area contributed by atoms with Crippen LogP contribution >= 0.6 is 0 Å². The summed E-state index contributed by atoms with van der Waals surface area (Å²) >= 11 is 0. The van der Waals surface area contributed by atoms with Crippen molar-refractivity contribution in [2.24, 2.45) is 12.0 Å². The average molecular weight is 367 g/mol. The molecule has 0 saturated heterocycles. The van der Waals surface area contributed by atoms with Crippen molar-refractivity contribution in [1.82, 2.24) is 29.9 Å². The van der Waals surface area contributed by atoms with Crippen LogP contribution in [0.15, 0.2) is 52.2 Å². The Labute approximate surface area is 158 Å². The van der Waals surface area contributed by atoms with Crippen LogP contribution in [0, 0.1) is 0 Å². The summed E-state index contributed by atoms with van der Waals surface area (Å²) in [5, 5.41) is 7.34. The van der Waals surface area contributed by atoms with E-state index in [1.807, 2.05) is 44.6 Å². The molecular formula is C19H25N7O. The Balaban J connectivity index is 1.60. The molecule has 0 aliphatic heterocycles. The van der Waals surface area contributed by atoms with Gasteiger partial charge in [-0.1, -0.05) is 11.2 Å². The van der Waals surface area contributed by atoms with Gasteiger partial charge in [0.05, 0.1) is 6.54 Å². The summed E-state index contributed by atoms with van der Waals surface area (Å²) in [6, 6.07) is 9.74. The first-order valence-electron chi connectivity index (χ1n) is 9.01. The van der Waals surface area contributed by atoms with Crippen LogP contribution in [0.5, 0.6) is 0 Å². The van der Waals surface area contributed by atoms with Crippen LogP contribution in [0.2, 0.25) is 0 Å². The number of rotatable bonds is 7. The van der Waals surface area contributed by atoms with Crippen LogP contribution in [0.3, 0.4) is 0 Å². The Morgan fingerprint density at radius 2 is 2.19 bits per heavy atom. The highest BCUT2D eigenvalue weighted by Crippen LogP contribution is 2.13. The molecule has 0 bridgehead atoms. The van der Waals surface area contributed by atoms with Crippen molar-refractivity contribution in [3.8, 4) is 11.6 Å². The van der Waals surface area contributed by atoms with E-state index >= 15 is 0 Å². The van der Waals surface area contributed by atoms with Gasteiger partial charge in [0, 0.05) is 51.7 Å². The summed E-state index contributed by atoms with van der Waals surface area (Å²) in [4.78, 5) is 15.4. The van der Waals surface area contributed by atoms with E-state index in [1.165, 1.54) is 5.69 Å². The molecule has 0 aliphatic rings. The summed E-state index contributed by atoms with van der Waals surface area (Å²) in [7, 11) is 4.07. The summed E-state index contributed by atoms with van der Waals surface area (Å²) in [5.41, 5.74) is 1.90. The molecular weight excluding hydrogens is 342 g/mol. The lowest BCUT2D eigenvalue weighted by Crippen LogP contribution is -2.39. The van der Waals surface area contributed by atoms with Gasteiger partial charge in [-0.15, -0.1) is 0 Å². The minimum Gasteiger partial charge on any atom is -0.357 e. The van der Waals surface area contributed by atoms with E-state index in [0.29, 0.717) is 30.4 Å². The van der Waals surface area contributed by atoms with Gasteiger partial charge in [-0.25, -0.2) is 0 Å². The zero-order valence-electron chi connectivity index (χ0n) is 16.0. The van der Waals surface area contributed by atoms with Gasteiger partial charge < -0.3 is 19.3 Å². The molecule has 0 amide bonds. The lowest BCUT2D eigenvalue weighted by molar-refractivity contribution is 0.421. The Bertz CT molecular complexity index is 869. The predicted octanol–water partition coefficient (Wildman–Crippen LogP) is 2.11. The second-order valence-corrected chi connectivity index (χ2v) is 6.18. The third-order valence-electron chi connectivity index (χ3n) is 4.10. The van der Waals surface area contributed by atoms with Crippen molar-refractivity contribution < 1.29 is 4.52 Å². The average Bonchev–Trinajstić information content (AvgIpc) is 3.31. The van der Waals surface area contributed by atoms with Crippen molar-refractivity contribution >= 4 is 5.96 Å². The number of guanidine groups is 1. The Kier molecular flexibility index (Phi) is 6.19. The van der Waals surface area contributed by atoms with E-state index in [-0.39, 0.29) is 0 Å². The van der Waals surface area contributed by atoms with Crippen LogP contribution in [0.25, 0.3) is 11.6 Å². The van der Waals surface area contributed by atoms with Crippen LogP contribution in [-0.2, 0) is 20.0 Å². The number of hydrogen-bond donors (Lipinski definition) is 1. The summed E-state index contributed by atoms with van der Waals surface area (Å²) in [5.74, 6) is 1.91. The van der Waals surface area contributed by atoms with Gasteiger partial charge in [-0.3, -0.25) is 9.98 Å². The predicted molar refractivity (Wildman–Crippen MR) is 104 cm³/mol. The molecule has 0 atom stereocenters. The van der Waals surface area contributed by atoms with Crippen molar-refractivity contribution in [3.05, 3.63) is 54.2 Å². The first kappa shape index (κ1) is 18.6. The van der Waals surface area contributed by atoms with Gasteiger partial charge in [-0.05, 0) is 31.2 Å². The smallest absolute Gasteiger partial charge is 0.276 e. The van der Waals surface area contributed by atoms with Gasteiger partial charge in [0.25, 0.3) is 5.89 Å². The van der Waals surface area contributed by atoms with E-state index in [1.54, 1.807) is 6.20 Å². The number of aryl methyl sites for hydroxylation is 1. The molecule has 0 unspecified atom stereocenters. The number of hydrogen-bond acceptors (Lipinski definition) is 5. The van der Waals surface area contributed by atoms with Gasteiger partial charge in [-0.2, -0.15) is 4.98 Å². The standard InChI is InChI=1S/C19H25N7O/c1-4-20-19(26(3)14-15-8-7-13-25(15)2)22-12-10-17-23-18(27-24-17)16-9-5-6-11-21-16/h5-9,11,13H,4,10,12,14H2,1-3H3,(H,20,22). The number of nitrogens with one attached hydrogen (secondary N) is 1. The van der Waals surface area contributed by atoms with Gasteiger partial charge in [0.1, 0.15) is 5.69 Å². The fourth-order valence-corrected chi connectivity index (χ4v) is 2.66. The maximum Gasteiger partial charge on any atom is 0.276 e. The summed E-state index contributed by atoms with van der Waals surface area (Å²) < 4.78 is 7.40. The Morgan fingerprint density at radius 3 is 2.89 bits per heavy atom. The SMILES string of the molecule is CCNC(=NCCc1noc(-c2ccccn2)n1)N(C)Cc1cccn1C. The topological polar surface area (TPSA) is 84.4 Å². The molecule has 3 aromatic rings. The number of aromatic nitrogens is 4. The van der Waals surface area contributed by atoms with E-state index < -0.39 is 0 Å². The van der Waals surface area contributed by atoms with E-state index in [0.717, 1.165) is 19.0 Å². The fourth-order valence-electron chi connectivity index (χ4n) is 2.66. The highest BCUT2D eigenvalue weighted by atomic mass is 16.5. The van der Waals surface area contributed by atoms with Crippen molar-refractivity contribution in [3.63, 3.8) is 0 Å². The zero-order valence-corrected chi connectivity index (χ0v) is 16.0. The molecule has 0 fully saturated rings. The largest absolute Gasteiger partial charge is 0.357 e. The molecule has 1 N–H and O–H groups in total. The minimum atomic E-state index is 0.433. The fraction of sp³-hybridized carbons (Fsp3) is 0.368. The maximum absolute atomic E-state index is 5.29. The van der Waals surface area contributed by atoms with Crippen LogP contribution in [0.4, 0.5) is 0 Å². The van der Waals surface area contributed by atoms with Crippen molar-refractivity contribution in [2.45, 2.75) is 19.9 Å². The molecule has 8 nitrogen and oxygen atoms in total. The number of pyridine rings is 1. The normalized spacial score (nSPS) is 11.6. The van der Waals surface area contributed by atoms with Gasteiger partial charge in [0.2, 0.25) is 0 Å². The first-order valence-corrected chi connectivity index (χ1v) is 9.01. The number of nitrogens with zero attached hydrogens (tertiary/aromatic N) is 6. The van der Waals surface area contributed by atoms with Gasteiger partial charge in [0.15, 0.2) is 11.8 Å². The number of aliphatic imine (C=N–C) groups is 1. The highest BCUT2D eigenvalue weighted by Gasteiger charge is 2.11. The first-order chi connectivity index (χ1) is 13.2. The third kappa shape index (κ3) is 4.93.